The summed E-state index contributed by atoms with van der Waals surface area (Å²) in [5, 5.41) is 10.9. The van der Waals surface area contributed by atoms with Crippen molar-refractivity contribution in [3.63, 3.8) is 0 Å². The van der Waals surface area contributed by atoms with E-state index in [4.69, 9.17) is 9.47 Å². The maximum atomic E-state index is 11.8. The predicted octanol–water partition coefficient (Wildman–Crippen LogP) is 1.26. The van der Waals surface area contributed by atoms with Gasteiger partial charge in [-0.3, -0.25) is 0 Å². The molecule has 188 valence electrons. The normalized spacial score (nSPS) is 21.1. The van der Waals surface area contributed by atoms with Crippen molar-refractivity contribution in [3.8, 4) is 0 Å². The molecule has 0 aliphatic carbocycles. The topological polar surface area (TPSA) is 122 Å². The third-order valence-corrected chi connectivity index (χ3v) is 8.30. The molecule has 5 rings (SSSR count). The van der Waals surface area contributed by atoms with E-state index in [-0.39, 0.29) is 23.2 Å². The molecule has 0 radical (unpaired) electrons. The molecule has 11 heteroatoms. The molecule has 10 nitrogen and oxygen atoms in total. The molecule has 35 heavy (non-hydrogen) atoms. The molecule has 0 bridgehead atoms. The number of aliphatic hydroxyl groups excluding tert-OH is 1. The molecule has 1 atom stereocenters. The number of piperidine rings is 1. The maximum absolute atomic E-state index is 11.8. The molecular weight excluding hydrogens is 472 g/mol. The summed E-state index contributed by atoms with van der Waals surface area (Å²) in [6.45, 7) is 6.17. The zero-order valence-corrected chi connectivity index (χ0v) is 20.8. The Morgan fingerprint density at radius 1 is 1.17 bits per heavy atom. The summed E-state index contributed by atoms with van der Waals surface area (Å²) in [4.78, 5) is 24.5. The fourth-order valence-corrected chi connectivity index (χ4v) is 5.71. The summed E-state index contributed by atoms with van der Waals surface area (Å²) in [5.41, 5.74) is 2.90. The summed E-state index contributed by atoms with van der Waals surface area (Å²) in [7, 11) is -3.39. The molecule has 1 aromatic carbocycles. The zero-order valence-electron chi connectivity index (χ0n) is 19.9. The van der Waals surface area contributed by atoms with Crippen molar-refractivity contribution in [3.05, 3.63) is 46.8 Å². The van der Waals surface area contributed by atoms with Crippen LogP contribution in [0.3, 0.4) is 0 Å². The van der Waals surface area contributed by atoms with Crippen LogP contribution in [0.2, 0.25) is 0 Å². The minimum Gasteiger partial charge on any atom is -0.457 e. The Balaban J connectivity index is 1.20. The van der Waals surface area contributed by atoms with Crippen LogP contribution in [0, 0.1) is 6.92 Å². The van der Waals surface area contributed by atoms with Crippen LogP contribution >= 0.6 is 0 Å². The number of rotatable bonds is 5. The molecule has 2 fully saturated rings. The molecule has 1 spiro atoms. The number of hydrogen-bond donors (Lipinski definition) is 1. The molecule has 3 aliphatic rings. The van der Waals surface area contributed by atoms with E-state index in [0.29, 0.717) is 37.6 Å². The molecule has 1 unspecified atom stereocenters. The molecule has 3 aliphatic heterocycles. The number of β-amino-alcohol motifs (C(OH)–C–C–N with tert-alkyl or cyclic N) is 1. The smallest absolute Gasteiger partial charge is 0.338 e. The van der Waals surface area contributed by atoms with Crippen molar-refractivity contribution < 1.29 is 27.8 Å². The average molecular weight is 503 g/mol. The highest BCUT2D eigenvalue weighted by Crippen LogP contribution is 2.34. The Labute approximate surface area is 204 Å². The number of morpholine rings is 1. The molecule has 0 saturated carbocycles. The Hall–Kier alpha value is -2.60. The number of esters is 1. The lowest BCUT2D eigenvalue weighted by molar-refractivity contribution is -0.0944. The third-order valence-electron chi connectivity index (χ3n) is 7.33. The van der Waals surface area contributed by atoms with Crippen molar-refractivity contribution >= 4 is 21.6 Å². The lowest BCUT2D eigenvalue weighted by atomic mass is 9.88. The van der Waals surface area contributed by atoms with Crippen molar-refractivity contribution in [2.45, 2.75) is 43.1 Å². The van der Waals surface area contributed by atoms with E-state index in [2.05, 4.69) is 19.8 Å². The lowest BCUT2D eigenvalue weighted by Crippen LogP contribution is -2.57. The summed E-state index contributed by atoms with van der Waals surface area (Å²) in [5.74, 6) is 0.344. The largest absolute Gasteiger partial charge is 0.457 e. The van der Waals surface area contributed by atoms with Crippen LogP contribution in [0.25, 0.3) is 0 Å². The van der Waals surface area contributed by atoms with Crippen LogP contribution in [0.15, 0.2) is 29.6 Å². The van der Waals surface area contributed by atoms with Gasteiger partial charge in [0, 0.05) is 44.5 Å². The maximum Gasteiger partial charge on any atom is 0.338 e. The average Bonchev–Trinajstić information content (AvgIpc) is 3.22. The van der Waals surface area contributed by atoms with Gasteiger partial charge in [0.15, 0.2) is 14.9 Å². The number of anilines is 1. The van der Waals surface area contributed by atoms with Gasteiger partial charge in [0.05, 0.1) is 36.3 Å². The van der Waals surface area contributed by atoms with Crippen LogP contribution in [0.1, 0.15) is 46.0 Å². The van der Waals surface area contributed by atoms with Gasteiger partial charge in [0.1, 0.15) is 12.4 Å². The number of benzene rings is 1. The highest BCUT2D eigenvalue weighted by molar-refractivity contribution is 7.90. The van der Waals surface area contributed by atoms with Gasteiger partial charge >= 0.3 is 5.97 Å². The van der Waals surface area contributed by atoms with E-state index < -0.39 is 15.9 Å². The Bertz CT molecular complexity index is 1230. The van der Waals surface area contributed by atoms with Gasteiger partial charge in [0.2, 0.25) is 0 Å². The van der Waals surface area contributed by atoms with E-state index in [1.165, 1.54) is 12.4 Å². The fraction of sp³-hybridized carbons (Fsp3) is 0.542. The number of fused-ring (bicyclic) bond motifs is 1. The number of aliphatic hydroxyl groups is 1. The number of sulfone groups is 1. The first-order chi connectivity index (χ1) is 16.7. The van der Waals surface area contributed by atoms with Gasteiger partial charge in [-0.15, -0.1) is 0 Å². The second kappa shape index (κ2) is 9.12. The van der Waals surface area contributed by atoms with Crippen LogP contribution in [-0.2, 0) is 25.9 Å². The monoisotopic (exact) mass is 502 g/mol. The minimum absolute atomic E-state index is 0.0335. The zero-order chi connectivity index (χ0) is 24.8. The molecular formula is C24H30N4O6S. The number of cyclic esters (lactones) is 1. The first-order valence-corrected chi connectivity index (χ1v) is 13.7. The second-order valence-corrected chi connectivity index (χ2v) is 11.6. The number of hydrogen-bond acceptors (Lipinski definition) is 10. The quantitative estimate of drug-likeness (QED) is 0.598. The molecule has 1 N–H and O–H groups in total. The van der Waals surface area contributed by atoms with Crippen molar-refractivity contribution in [1.82, 2.24) is 14.9 Å². The summed E-state index contributed by atoms with van der Waals surface area (Å²) < 4.78 is 34.7. The highest BCUT2D eigenvalue weighted by Gasteiger charge is 2.40. The number of nitrogens with zero attached hydrogens (tertiary/aromatic N) is 4. The van der Waals surface area contributed by atoms with Crippen LogP contribution in [0.4, 0.5) is 5.82 Å². The first-order valence-electron chi connectivity index (χ1n) is 11.8. The third kappa shape index (κ3) is 4.77. The molecule has 0 amide bonds. The van der Waals surface area contributed by atoms with Gasteiger partial charge in [-0.1, -0.05) is 6.07 Å². The number of carbonyl (C=O) groups excluding carboxylic acids is 1. The van der Waals surface area contributed by atoms with E-state index in [9.17, 15) is 18.3 Å². The van der Waals surface area contributed by atoms with Gasteiger partial charge < -0.3 is 24.4 Å². The van der Waals surface area contributed by atoms with E-state index in [0.717, 1.165) is 48.9 Å². The van der Waals surface area contributed by atoms with Gasteiger partial charge in [-0.25, -0.2) is 23.2 Å². The highest BCUT2D eigenvalue weighted by atomic mass is 32.2. The Morgan fingerprint density at radius 3 is 2.63 bits per heavy atom. The van der Waals surface area contributed by atoms with E-state index in [1.54, 1.807) is 6.07 Å². The Kier molecular flexibility index (Phi) is 6.28. The van der Waals surface area contributed by atoms with E-state index in [1.807, 2.05) is 13.0 Å². The predicted molar refractivity (Wildman–Crippen MR) is 127 cm³/mol. The standard InChI is InChI=1S/C24H30N4O6S/c1-16-17(3-4-18-19(16)14-33-23(18)30)20(29)13-27-7-5-24(6-8-27)15-28(9-10-34-24)21-11-26-22(12-25-21)35(2,31)32/h3-4,11-12,20,29H,5-10,13-15H2,1-2H3. The first kappa shape index (κ1) is 24.1. The summed E-state index contributed by atoms with van der Waals surface area (Å²) in [6.07, 6.45) is 4.91. The minimum atomic E-state index is -3.39. The van der Waals surface area contributed by atoms with Crippen LogP contribution in [-0.4, -0.2) is 85.5 Å². The van der Waals surface area contributed by atoms with Gasteiger partial charge in [0.25, 0.3) is 0 Å². The Morgan fingerprint density at radius 2 is 1.94 bits per heavy atom. The van der Waals surface area contributed by atoms with Crippen molar-refractivity contribution in [2.24, 2.45) is 0 Å². The van der Waals surface area contributed by atoms with Crippen LogP contribution in [0.5, 0.6) is 0 Å². The molecule has 1 aromatic heterocycles. The SMILES string of the molecule is Cc1c(C(O)CN2CCC3(CC2)CN(c2cnc(S(C)(=O)=O)cn2)CCO3)ccc2c1COC2=O. The number of ether oxygens (including phenoxy) is 2. The fourth-order valence-electron chi connectivity index (χ4n) is 5.22. The molecule has 2 aromatic rings. The summed E-state index contributed by atoms with van der Waals surface area (Å²) in [6, 6.07) is 3.58. The number of aromatic nitrogens is 2. The lowest BCUT2D eigenvalue weighted by Gasteiger charge is -2.47. The van der Waals surface area contributed by atoms with Gasteiger partial charge in [-0.2, -0.15) is 0 Å². The number of likely N-dealkylation sites (tertiary alicyclic amines) is 1. The molecule has 4 heterocycles. The van der Waals surface area contributed by atoms with Gasteiger partial charge in [-0.05, 0) is 37.0 Å². The molecule has 2 saturated heterocycles. The van der Waals surface area contributed by atoms with Crippen molar-refractivity contribution in [1.29, 1.82) is 0 Å². The van der Waals surface area contributed by atoms with E-state index >= 15 is 0 Å². The summed E-state index contributed by atoms with van der Waals surface area (Å²) >= 11 is 0. The van der Waals surface area contributed by atoms with Crippen molar-refractivity contribution in [2.75, 3.05) is 50.5 Å². The number of carbonyl (C=O) groups is 1. The second-order valence-electron chi connectivity index (χ2n) is 9.64. The van der Waals surface area contributed by atoms with Crippen LogP contribution < -0.4 is 4.90 Å².